The van der Waals surface area contributed by atoms with Crippen molar-refractivity contribution in [2.24, 2.45) is 0 Å². The zero-order chi connectivity index (χ0) is 10.7. The van der Waals surface area contributed by atoms with E-state index in [0.717, 1.165) is 22.6 Å². The fourth-order valence-corrected chi connectivity index (χ4v) is 2.24. The van der Waals surface area contributed by atoms with Crippen LogP contribution < -0.4 is 0 Å². The highest BCUT2D eigenvalue weighted by Crippen LogP contribution is 2.25. The zero-order valence-corrected chi connectivity index (χ0v) is 9.67. The first kappa shape index (κ1) is 10.5. The van der Waals surface area contributed by atoms with E-state index in [1.54, 1.807) is 18.9 Å². The van der Waals surface area contributed by atoms with Gasteiger partial charge >= 0.3 is 0 Å². The van der Waals surface area contributed by atoms with Crippen molar-refractivity contribution in [3.8, 4) is 0 Å². The molecular formula is C11H14N2OS. The lowest BCUT2D eigenvalue weighted by Crippen LogP contribution is -2.02. The van der Waals surface area contributed by atoms with Gasteiger partial charge in [0.15, 0.2) is 5.16 Å². The Hall–Kier alpha value is -1.00. The molecule has 2 rings (SSSR count). The molecule has 0 saturated heterocycles. The standard InChI is InChI=1S/C11H14N2OS/c1-3-10(14-2)15-11-12-8-6-4-5-7-9(8)13-11/h4-7,10H,3H2,1-2H3,(H,12,13)/t10-/m0/s1. The van der Waals surface area contributed by atoms with E-state index in [4.69, 9.17) is 4.74 Å². The number of aromatic amines is 1. The number of rotatable bonds is 4. The van der Waals surface area contributed by atoms with Crippen LogP contribution in [0.3, 0.4) is 0 Å². The number of ether oxygens (including phenoxy) is 1. The number of para-hydroxylation sites is 2. The molecule has 0 unspecified atom stereocenters. The minimum absolute atomic E-state index is 0.172. The molecule has 4 heteroatoms. The molecule has 0 amide bonds. The Bertz CT molecular complexity index is 404. The molecule has 0 fully saturated rings. The van der Waals surface area contributed by atoms with E-state index in [9.17, 15) is 0 Å². The molecule has 0 bridgehead atoms. The van der Waals surface area contributed by atoms with E-state index >= 15 is 0 Å². The number of hydrogen-bond donors (Lipinski definition) is 1. The van der Waals surface area contributed by atoms with Crippen molar-refractivity contribution in [2.75, 3.05) is 7.11 Å². The molecule has 80 valence electrons. The number of benzene rings is 1. The number of imidazole rings is 1. The van der Waals surface area contributed by atoms with E-state index in [2.05, 4.69) is 16.9 Å². The normalized spacial score (nSPS) is 13.2. The van der Waals surface area contributed by atoms with Crippen molar-refractivity contribution in [1.82, 2.24) is 9.97 Å². The molecule has 0 aliphatic heterocycles. The Morgan fingerprint density at radius 1 is 1.47 bits per heavy atom. The molecule has 0 aliphatic carbocycles. The minimum atomic E-state index is 0.172. The van der Waals surface area contributed by atoms with Gasteiger partial charge in [-0.05, 0) is 18.6 Å². The summed E-state index contributed by atoms with van der Waals surface area (Å²) in [6.07, 6.45) is 0.970. The highest BCUT2D eigenvalue weighted by Gasteiger charge is 2.09. The molecule has 0 saturated carbocycles. The van der Waals surface area contributed by atoms with Crippen LogP contribution in [0.15, 0.2) is 29.4 Å². The number of thioether (sulfide) groups is 1. The van der Waals surface area contributed by atoms with E-state index in [1.807, 2.05) is 24.3 Å². The maximum absolute atomic E-state index is 5.30. The van der Waals surface area contributed by atoms with Crippen molar-refractivity contribution >= 4 is 22.8 Å². The molecule has 1 N–H and O–H groups in total. The van der Waals surface area contributed by atoms with Crippen molar-refractivity contribution in [2.45, 2.75) is 23.9 Å². The predicted octanol–water partition coefficient (Wildman–Crippen LogP) is 3.04. The van der Waals surface area contributed by atoms with Gasteiger partial charge < -0.3 is 9.72 Å². The van der Waals surface area contributed by atoms with Gasteiger partial charge in [-0.15, -0.1) is 0 Å². The van der Waals surface area contributed by atoms with E-state index in [-0.39, 0.29) is 5.44 Å². The zero-order valence-electron chi connectivity index (χ0n) is 8.86. The second-order valence-corrected chi connectivity index (χ2v) is 4.40. The predicted molar refractivity (Wildman–Crippen MR) is 63.0 cm³/mol. The van der Waals surface area contributed by atoms with Crippen LogP contribution in [0.5, 0.6) is 0 Å². The van der Waals surface area contributed by atoms with Crippen LogP contribution in [0.25, 0.3) is 11.0 Å². The minimum Gasteiger partial charge on any atom is -0.370 e. The monoisotopic (exact) mass is 222 g/mol. The molecular weight excluding hydrogens is 208 g/mol. The first-order valence-corrected chi connectivity index (χ1v) is 5.85. The summed E-state index contributed by atoms with van der Waals surface area (Å²) in [6, 6.07) is 8.03. The van der Waals surface area contributed by atoms with Gasteiger partial charge in [0, 0.05) is 7.11 Å². The molecule has 0 aliphatic rings. The van der Waals surface area contributed by atoms with Crippen LogP contribution in [0, 0.1) is 0 Å². The first-order valence-electron chi connectivity index (χ1n) is 4.97. The Morgan fingerprint density at radius 2 is 2.27 bits per heavy atom. The van der Waals surface area contributed by atoms with Crippen molar-refractivity contribution in [3.05, 3.63) is 24.3 Å². The lowest BCUT2D eigenvalue weighted by atomic mass is 10.3. The van der Waals surface area contributed by atoms with Gasteiger partial charge in [-0.2, -0.15) is 0 Å². The number of fused-ring (bicyclic) bond motifs is 1. The molecule has 15 heavy (non-hydrogen) atoms. The summed E-state index contributed by atoms with van der Waals surface area (Å²) >= 11 is 1.63. The maximum Gasteiger partial charge on any atom is 0.168 e. The fourth-order valence-electron chi connectivity index (χ4n) is 1.41. The number of H-pyrrole nitrogens is 1. The summed E-state index contributed by atoms with van der Waals surface area (Å²) in [4.78, 5) is 7.74. The van der Waals surface area contributed by atoms with Gasteiger partial charge in [0.1, 0.15) is 5.44 Å². The van der Waals surface area contributed by atoms with Crippen molar-refractivity contribution in [1.29, 1.82) is 0 Å². The quantitative estimate of drug-likeness (QED) is 0.638. The lowest BCUT2D eigenvalue weighted by molar-refractivity contribution is 0.170. The second-order valence-electron chi connectivity index (χ2n) is 3.25. The smallest absolute Gasteiger partial charge is 0.168 e. The van der Waals surface area contributed by atoms with Crippen LogP contribution in [0.4, 0.5) is 0 Å². The molecule has 2 aromatic rings. The van der Waals surface area contributed by atoms with Crippen LogP contribution in [0.1, 0.15) is 13.3 Å². The third-order valence-corrected chi connectivity index (χ3v) is 3.41. The summed E-state index contributed by atoms with van der Waals surface area (Å²) in [5.41, 5.74) is 2.25. The number of nitrogens with zero attached hydrogens (tertiary/aromatic N) is 1. The summed E-state index contributed by atoms with van der Waals surface area (Å²) in [6.45, 7) is 2.10. The van der Waals surface area contributed by atoms with Gasteiger partial charge in [-0.25, -0.2) is 4.98 Å². The summed E-state index contributed by atoms with van der Waals surface area (Å²) < 4.78 is 5.30. The highest BCUT2D eigenvalue weighted by atomic mass is 32.2. The molecule has 1 heterocycles. The van der Waals surface area contributed by atoms with Gasteiger partial charge in [-0.1, -0.05) is 30.8 Å². The molecule has 0 spiro atoms. The first-order chi connectivity index (χ1) is 7.33. The number of nitrogens with one attached hydrogen (secondary N) is 1. The fraction of sp³-hybridized carbons (Fsp3) is 0.364. The van der Waals surface area contributed by atoms with Crippen molar-refractivity contribution < 1.29 is 4.74 Å². The van der Waals surface area contributed by atoms with E-state index in [0.29, 0.717) is 0 Å². The Balaban J connectivity index is 2.21. The number of hydrogen-bond acceptors (Lipinski definition) is 3. The Morgan fingerprint density at radius 3 is 2.93 bits per heavy atom. The highest BCUT2D eigenvalue weighted by molar-refractivity contribution is 7.99. The molecule has 1 aromatic carbocycles. The van der Waals surface area contributed by atoms with E-state index in [1.165, 1.54) is 0 Å². The average molecular weight is 222 g/mol. The summed E-state index contributed by atoms with van der Waals surface area (Å²) in [7, 11) is 1.73. The number of aromatic nitrogens is 2. The van der Waals surface area contributed by atoms with E-state index < -0.39 is 0 Å². The topological polar surface area (TPSA) is 37.9 Å². The largest absolute Gasteiger partial charge is 0.370 e. The van der Waals surface area contributed by atoms with Crippen molar-refractivity contribution in [3.63, 3.8) is 0 Å². The van der Waals surface area contributed by atoms with Gasteiger partial charge in [0.25, 0.3) is 0 Å². The van der Waals surface area contributed by atoms with Gasteiger partial charge in [0.2, 0.25) is 0 Å². The average Bonchev–Trinajstić information content (AvgIpc) is 2.68. The molecule has 1 atom stereocenters. The third-order valence-electron chi connectivity index (χ3n) is 2.21. The Kier molecular flexibility index (Phi) is 3.28. The van der Waals surface area contributed by atoms with Crippen LogP contribution in [-0.2, 0) is 4.74 Å². The van der Waals surface area contributed by atoms with Crippen LogP contribution in [0.2, 0.25) is 0 Å². The molecule has 0 radical (unpaired) electrons. The summed E-state index contributed by atoms with van der Waals surface area (Å²) in [5.74, 6) is 0. The van der Waals surface area contributed by atoms with Crippen LogP contribution >= 0.6 is 11.8 Å². The van der Waals surface area contributed by atoms with Gasteiger partial charge in [-0.3, -0.25) is 0 Å². The maximum atomic E-state index is 5.30. The summed E-state index contributed by atoms with van der Waals surface area (Å²) in [5, 5.41) is 0.921. The number of methoxy groups -OCH3 is 1. The SMILES string of the molecule is CC[C@@H](OC)Sc1nc2ccccc2[nH]1. The molecule has 3 nitrogen and oxygen atoms in total. The third kappa shape index (κ3) is 2.33. The van der Waals surface area contributed by atoms with Crippen LogP contribution in [-0.4, -0.2) is 22.5 Å². The van der Waals surface area contributed by atoms with Gasteiger partial charge in [0.05, 0.1) is 11.0 Å². The lowest BCUT2D eigenvalue weighted by Gasteiger charge is -2.09. The second kappa shape index (κ2) is 4.68. The Labute approximate surface area is 93.2 Å². The molecule has 1 aromatic heterocycles.